The van der Waals surface area contributed by atoms with Crippen LogP contribution in [0.1, 0.15) is 5.56 Å². The van der Waals surface area contributed by atoms with Crippen molar-refractivity contribution in [1.82, 2.24) is 20.0 Å². The van der Waals surface area contributed by atoms with Crippen LogP contribution in [0.4, 0.5) is 0 Å². The minimum Gasteiger partial charge on any atom is -0.392 e. The van der Waals surface area contributed by atoms with E-state index in [4.69, 9.17) is 16.7 Å². The quantitative estimate of drug-likeness (QED) is 0.797. The molecule has 0 fully saturated rings. The largest absolute Gasteiger partial charge is 0.392 e. The van der Waals surface area contributed by atoms with Crippen LogP contribution in [-0.2, 0) is 6.61 Å². The van der Waals surface area contributed by atoms with Crippen molar-refractivity contribution in [3.63, 3.8) is 0 Å². The fourth-order valence-corrected chi connectivity index (χ4v) is 1.23. The Hall–Kier alpha value is -1.46. The first-order valence-electron chi connectivity index (χ1n) is 3.93. The van der Waals surface area contributed by atoms with E-state index in [1.165, 1.54) is 10.9 Å². The van der Waals surface area contributed by atoms with Gasteiger partial charge in [-0.25, -0.2) is 9.67 Å². The molecule has 0 aliphatic heterocycles. The molecule has 0 spiro atoms. The number of pyridine rings is 1. The Kier molecular flexibility index (Phi) is 2.43. The van der Waals surface area contributed by atoms with Gasteiger partial charge in [-0.2, -0.15) is 0 Å². The Bertz CT molecular complexity index is 429. The zero-order chi connectivity index (χ0) is 9.97. The van der Waals surface area contributed by atoms with Gasteiger partial charge in [0.2, 0.25) is 0 Å². The van der Waals surface area contributed by atoms with E-state index >= 15 is 0 Å². The van der Waals surface area contributed by atoms with Gasteiger partial charge in [0, 0.05) is 17.8 Å². The summed E-state index contributed by atoms with van der Waals surface area (Å²) < 4.78 is 1.49. The molecule has 6 heteroatoms. The van der Waals surface area contributed by atoms with Gasteiger partial charge in [0.25, 0.3) is 0 Å². The fraction of sp³-hybridized carbons (Fsp3) is 0.125. The molecule has 2 aromatic heterocycles. The van der Waals surface area contributed by atoms with Gasteiger partial charge in [-0.05, 0) is 0 Å². The molecule has 0 saturated heterocycles. The maximum Gasteiger partial charge on any atom is 0.156 e. The van der Waals surface area contributed by atoms with Crippen LogP contribution in [0.5, 0.6) is 0 Å². The topological polar surface area (TPSA) is 63.8 Å². The van der Waals surface area contributed by atoms with Gasteiger partial charge >= 0.3 is 0 Å². The van der Waals surface area contributed by atoms with E-state index in [0.717, 1.165) is 0 Å². The van der Waals surface area contributed by atoms with E-state index in [9.17, 15) is 0 Å². The Morgan fingerprint density at radius 1 is 1.50 bits per heavy atom. The minimum absolute atomic E-state index is 0.122. The SMILES string of the molecule is OCc1cnc(-n2ccnn2)cc1Cl. The average Bonchev–Trinajstić information content (AvgIpc) is 2.70. The number of aliphatic hydroxyl groups is 1. The molecule has 0 radical (unpaired) electrons. The van der Waals surface area contributed by atoms with Gasteiger partial charge in [-0.3, -0.25) is 0 Å². The molecule has 0 aliphatic rings. The third-order valence-corrected chi connectivity index (χ3v) is 2.09. The molecule has 0 unspecified atom stereocenters. The lowest BCUT2D eigenvalue weighted by Gasteiger charge is -2.02. The molecule has 0 aromatic carbocycles. The number of hydrogen-bond donors (Lipinski definition) is 1. The Labute approximate surface area is 85.0 Å². The molecule has 0 bridgehead atoms. The second-order valence-electron chi connectivity index (χ2n) is 2.64. The molecule has 2 rings (SSSR count). The third-order valence-electron chi connectivity index (χ3n) is 1.74. The lowest BCUT2D eigenvalue weighted by atomic mass is 10.3. The van der Waals surface area contributed by atoms with E-state index in [1.54, 1.807) is 18.5 Å². The van der Waals surface area contributed by atoms with Crippen LogP contribution in [0, 0.1) is 0 Å². The molecule has 1 N–H and O–H groups in total. The Morgan fingerprint density at radius 2 is 2.36 bits per heavy atom. The first-order valence-corrected chi connectivity index (χ1v) is 4.31. The zero-order valence-corrected chi connectivity index (χ0v) is 7.89. The lowest BCUT2D eigenvalue weighted by Crippen LogP contribution is -1.99. The third kappa shape index (κ3) is 1.59. The summed E-state index contributed by atoms with van der Waals surface area (Å²) in [5.41, 5.74) is 0.593. The van der Waals surface area contributed by atoms with Crippen molar-refractivity contribution in [2.24, 2.45) is 0 Å². The molecule has 0 atom stereocenters. The fourth-order valence-electron chi connectivity index (χ4n) is 1.02. The van der Waals surface area contributed by atoms with Crippen LogP contribution in [0.3, 0.4) is 0 Å². The highest BCUT2D eigenvalue weighted by molar-refractivity contribution is 6.31. The van der Waals surface area contributed by atoms with Crippen molar-refractivity contribution in [3.05, 3.63) is 35.2 Å². The summed E-state index contributed by atoms with van der Waals surface area (Å²) in [6, 6.07) is 1.63. The molecule has 5 nitrogen and oxygen atoms in total. The van der Waals surface area contributed by atoms with Gasteiger partial charge < -0.3 is 5.11 Å². The average molecular weight is 211 g/mol. The second kappa shape index (κ2) is 3.73. The number of hydrogen-bond acceptors (Lipinski definition) is 4. The highest BCUT2D eigenvalue weighted by Gasteiger charge is 2.03. The lowest BCUT2D eigenvalue weighted by molar-refractivity contribution is 0.281. The van der Waals surface area contributed by atoms with Crippen molar-refractivity contribution >= 4 is 11.6 Å². The maximum absolute atomic E-state index is 8.88. The smallest absolute Gasteiger partial charge is 0.156 e. The Morgan fingerprint density at radius 3 is 2.93 bits per heavy atom. The van der Waals surface area contributed by atoms with Gasteiger partial charge in [0.05, 0.1) is 24.0 Å². The van der Waals surface area contributed by atoms with Crippen LogP contribution >= 0.6 is 11.6 Å². The first kappa shape index (κ1) is 9.11. The summed E-state index contributed by atoms with van der Waals surface area (Å²) in [5.74, 6) is 0.574. The van der Waals surface area contributed by atoms with Gasteiger partial charge in [-0.15, -0.1) is 5.10 Å². The maximum atomic E-state index is 8.88. The summed E-state index contributed by atoms with van der Waals surface area (Å²) in [4.78, 5) is 4.07. The minimum atomic E-state index is -0.122. The number of halogens is 1. The predicted octanol–water partition coefficient (Wildman–Crippen LogP) is 0.808. The first-order chi connectivity index (χ1) is 6.81. The van der Waals surface area contributed by atoms with Crippen LogP contribution in [0.25, 0.3) is 5.82 Å². The zero-order valence-electron chi connectivity index (χ0n) is 7.13. The molecular weight excluding hydrogens is 204 g/mol. The molecular formula is C8H7ClN4O. The van der Waals surface area contributed by atoms with E-state index in [2.05, 4.69) is 15.3 Å². The number of aromatic nitrogens is 4. The standard InChI is InChI=1S/C8H7ClN4O/c9-7-3-8(10-4-6(7)5-14)13-2-1-11-12-13/h1-4,14H,5H2. The molecule has 0 saturated carbocycles. The predicted molar refractivity (Wildman–Crippen MR) is 50.1 cm³/mol. The molecule has 72 valence electrons. The van der Waals surface area contributed by atoms with Gasteiger partial charge in [0.1, 0.15) is 0 Å². The highest BCUT2D eigenvalue weighted by atomic mass is 35.5. The summed E-state index contributed by atoms with van der Waals surface area (Å²) in [6.07, 6.45) is 4.73. The summed E-state index contributed by atoms with van der Waals surface area (Å²) in [7, 11) is 0. The van der Waals surface area contributed by atoms with E-state index < -0.39 is 0 Å². The highest BCUT2D eigenvalue weighted by Crippen LogP contribution is 2.17. The van der Waals surface area contributed by atoms with Crippen molar-refractivity contribution in [3.8, 4) is 5.82 Å². The molecule has 0 aliphatic carbocycles. The van der Waals surface area contributed by atoms with E-state index in [-0.39, 0.29) is 6.61 Å². The molecule has 14 heavy (non-hydrogen) atoms. The van der Waals surface area contributed by atoms with Crippen LogP contribution in [0.2, 0.25) is 5.02 Å². The van der Waals surface area contributed by atoms with Crippen LogP contribution in [-0.4, -0.2) is 25.1 Å². The van der Waals surface area contributed by atoms with Gasteiger partial charge in [-0.1, -0.05) is 16.8 Å². The van der Waals surface area contributed by atoms with Crippen molar-refractivity contribution in [1.29, 1.82) is 0 Å². The van der Waals surface area contributed by atoms with E-state index in [1.807, 2.05) is 0 Å². The van der Waals surface area contributed by atoms with Gasteiger partial charge in [0.15, 0.2) is 5.82 Å². The summed E-state index contributed by atoms with van der Waals surface area (Å²) in [6.45, 7) is -0.122. The molecule has 0 amide bonds. The number of nitrogens with zero attached hydrogens (tertiary/aromatic N) is 4. The Balaban J connectivity index is 2.43. The van der Waals surface area contributed by atoms with Crippen molar-refractivity contribution in [2.45, 2.75) is 6.61 Å². The summed E-state index contributed by atoms with van der Waals surface area (Å²) in [5, 5.41) is 16.8. The van der Waals surface area contributed by atoms with Crippen molar-refractivity contribution < 1.29 is 5.11 Å². The van der Waals surface area contributed by atoms with Crippen molar-refractivity contribution in [2.75, 3.05) is 0 Å². The summed E-state index contributed by atoms with van der Waals surface area (Å²) >= 11 is 5.88. The van der Waals surface area contributed by atoms with Crippen LogP contribution < -0.4 is 0 Å². The number of rotatable bonds is 2. The van der Waals surface area contributed by atoms with Crippen LogP contribution in [0.15, 0.2) is 24.7 Å². The molecule has 2 aromatic rings. The van der Waals surface area contributed by atoms with E-state index in [0.29, 0.717) is 16.4 Å². The number of aliphatic hydroxyl groups excluding tert-OH is 1. The second-order valence-corrected chi connectivity index (χ2v) is 3.05. The normalized spacial score (nSPS) is 10.4. The molecule has 2 heterocycles. The monoisotopic (exact) mass is 210 g/mol.